The van der Waals surface area contributed by atoms with Gasteiger partial charge in [-0.1, -0.05) is 0 Å². The van der Waals surface area contributed by atoms with Gasteiger partial charge in [-0.15, -0.1) is 0 Å². The fourth-order valence-corrected chi connectivity index (χ4v) is 19.8. The molecule has 0 fully saturated rings. The molecule has 0 atom stereocenters. The Bertz CT molecular complexity index is 456. The van der Waals surface area contributed by atoms with Gasteiger partial charge in [0.25, 0.3) is 0 Å². The second kappa shape index (κ2) is 12.1. The van der Waals surface area contributed by atoms with E-state index in [1.54, 1.807) is 0 Å². The normalized spacial score (nSPS) is 11.5. The zero-order valence-corrected chi connectivity index (χ0v) is 18.6. The van der Waals surface area contributed by atoms with Gasteiger partial charge in [0.05, 0.1) is 0 Å². The van der Waals surface area contributed by atoms with Crippen molar-refractivity contribution >= 4 is 24.0 Å². The Morgan fingerprint density at radius 2 is 1.25 bits per heavy atom. The fourth-order valence-electron chi connectivity index (χ4n) is 3.59. The molecule has 0 aliphatic rings. The van der Waals surface area contributed by atoms with E-state index in [1.807, 2.05) is 30.3 Å². The zero-order valence-electron chi connectivity index (χ0n) is 15.7. The van der Waals surface area contributed by atoms with Crippen LogP contribution >= 0.6 is 0 Å². The first-order valence-electron chi connectivity index (χ1n) is 9.68. The van der Waals surface area contributed by atoms with Crippen LogP contribution in [0.15, 0.2) is 36.4 Å². The molecule has 0 N–H and O–H groups in total. The average molecular weight is 443 g/mol. The fraction of sp³-hybridized carbons (Fsp3) is 0.619. The van der Waals surface area contributed by atoms with Crippen LogP contribution in [-0.2, 0) is 0 Å². The molecule has 1 rings (SSSR count). The first kappa shape index (κ1) is 21.7. The molecule has 0 bridgehead atoms. The second-order valence-electron chi connectivity index (χ2n) is 7.09. The molecule has 24 heavy (non-hydrogen) atoms. The molecule has 0 saturated heterocycles. The Labute approximate surface area is 151 Å². The zero-order chi connectivity index (χ0) is 17.8. The van der Waals surface area contributed by atoms with Crippen LogP contribution in [0.5, 0.6) is 0 Å². The van der Waals surface area contributed by atoms with Crippen molar-refractivity contribution in [2.75, 3.05) is 0 Å². The van der Waals surface area contributed by atoms with Crippen LogP contribution < -0.4 is 0 Å². The summed E-state index contributed by atoms with van der Waals surface area (Å²) in [5.41, 5.74) is 1.10. The van der Waals surface area contributed by atoms with Crippen molar-refractivity contribution in [3.63, 3.8) is 0 Å². The molecule has 0 aromatic heterocycles. The Morgan fingerprint density at radius 3 is 1.62 bits per heavy atom. The first-order chi connectivity index (χ1) is 11.6. The summed E-state index contributed by atoms with van der Waals surface area (Å²) in [6.45, 7) is 6.67. The molecular formula is C21H34F2Sn. The van der Waals surface area contributed by atoms with E-state index in [0.717, 1.165) is 10.0 Å². The van der Waals surface area contributed by atoms with Crippen molar-refractivity contribution < 1.29 is 8.78 Å². The molecule has 1 aromatic rings. The number of hydrogen-bond acceptors (Lipinski definition) is 0. The van der Waals surface area contributed by atoms with Gasteiger partial charge in [-0.05, 0) is 0 Å². The number of unbranched alkanes of at least 4 members (excludes halogenated alkanes) is 3. The van der Waals surface area contributed by atoms with E-state index < -0.39 is 24.5 Å². The van der Waals surface area contributed by atoms with Gasteiger partial charge < -0.3 is 0 Å². The van der Waals surface area contributed by atoms with E-state index in [9.17, 15) is 8.78 Å². The van der Waals surface area contributed by atoms with E-state index in [0.29, 0.717) is 5.57 Å². The topological polar surface area (TPSA) is 0 Å². The van der Waals surface area contributed by atoms with Crippen LogP contribution in [0, 0.1) is 0 Å². The summed E-state index contributed by atoms with van der Waals surface area (Å²) < 4.78 is 32.1. The first-order valence-corrected chi connectivity index (χ1v) is 17.8. The maximum absolute atomic E-state index is 13.8. The summed E-state index contributed by atoms with van der Waals surface area (Å²) in [6, 6.07) is 9.35. The summed E-state index contributed by atoms with van der Waals surface area (Å²) in [5, 5.41) is 0. The van der Waals surface area contributed by atoms with Crippen molar-refractivity contribution in [2.45, 2.75) is 77.0 Å². The molecule has 0 spiro atoms. The molecule has 0 heterocycles. The van der Waals surface area contributed by atoms with E-state index in [4.69, 9.17) is 0 Å². The summed E-state index contributed by atoms with van der Waals surface area (Å²) in [6.07, 6.45) is 5.75. The van der Waals surface area contributed by atoms with Gasteiger partial charge in [-0.3, -0.25) is 0 Å². The number of benzene rings is 1. The summed E-state index contributed by atoms with van der Waals surface area (Å²) in [7, 11) is 0. The Morgan fingerprint density at radius 1 is 0.792 bits per heavy atom. The molecule has 0 unspecified atom stereocenters. The molecule has 0 saturated carbocycles. The van der Waals surface area contributed by atoms with Crippen molar-refractivity contribution in [1.82, 2.24) is 0 Å². The molecule has 0 amide bonds. The van der Waals surface area contributed by atoms with Crippen molar-refractivity contribution in [3.05, 3.63) is 42.0 Å². The number of allylic oxidation sites excluding steroid dienone is 1. The van der Waals surface area contributed by atoms with Gasteiger partial charge in [0, 0.05) is 0 Å². The Hall–Kier alpha value is -0.381. The Balaban J connectivity index is 3.11. The maximum atomic E-state index is 13.8. The van der Waals surface area contributed by atoms with Crippen molar-refractivity contribution in [2.24, 2.45) is 0 Å². The van der Waals surface area contributed by atoms with E-state index >= 15 is 0 Å². The molecule has 0 aliphatic carbocycles. The van der Waals surface area contributed by atoms with Gasteiger partial charge in [0.15, 0.2) is 0 Å². The third-order valence-electron chi connectivity index (χ3n) is 5.08. The number of rotatable bonds is 12. The SMILES string of the molecule is CCC[CH2][Sn]([CH2]CCC)([CH2]CCC)[CH2]C(=C(F)F)c1ccccc1. The molecular weight excluding hydrogens is 409 g/mol. The number of hydrogen-bond donors (Lipinski definition) is 0. The van der Waals surface area contributed by atoms with Crippen LogP contribution in [0.3, 0.4) is 0 Å². The molecule has 3 heteroatoms. The second-order valence-corrected chi connectivity index (χ2v) is 20.9. The number of halogens is 2. The van der Waals surface area contributed by atoms with Crippen LogP contribution in [0.2, 0.25) is 17.7 Å². The molecule has 136 valence electrons. The van der Waals surface area contributed by atoms with Crippen molar-refractivity contribution in [3.8, 4) is 0 Å². The molecule has 0 nitrogen and oxygen atoms in total. The standard InChI is InChI=1S/C9H7F2.3C4H9.Sn/c1-7(9(10)11)8-5-3-2-4-6-8;3*1-3-4-2;/h2-6H,1H2;3*1,3-4H2,2H3;. The van der Waals surface area contributed by atoms with Gasteiger partial charge >= 0.3 is 152 Å². The van der Waals surface area contributed by atoms with E-state index in [1.165, 1.54) is 51.8 Å². The van der Waals surface area contributed by atoms with Gasteiger partial charge in [0.2, 0.25) is 0 Å². The van der Waals surface area contributed by atoms with E-state index in [2.05, 4.69) is 20.8 Å². The molecule has 0 aliphatic heterocycles. The third-order valence-corrected chi connectivity index (χ3v) is 20.3. The summed E-state index contributed by atoms with van der Waals surface area (Å²) >= 11 is -2.59. The third kappa shape index (κ3) is 7.24. The minimum absolute atomic E-state index is 0.356. The minimum atomic E-state index is -2.59. The van der Waals surface area contributed by atoms with Gasteiger partial charge in [-0.25, -0.2) is 0 Å². The van der Waals surface area contributed by atoms with Crippen LogP contribution in [0.25, 0.3) is 5.57 Å². The summed E-state index contributed by atoms with van der Waals surface area (Å²) in [4.78, 5) is 0. The monoisotopic (exact) mass is 444 g/mol. The van der Waals surface area contributed by atoms with Crippen LogP contribution in [0.4, 0.5) is 8.78 Å². The average Bonchev–Trinajstić information content (AvgIpc) is 2.61. The van der Waals surface area contributed by atoms with Gasteiger partial charge in [0.1, 0.15) is 0 Å². The van der Waals surface area contributed by atoms with Gasteiger partial charge in [-0.2, -0.15) is 0 Å². The molecule has 0 radical (unpaired) electrons. The predicted octanol–water partition coefficient (Wildman–Crippen LogP) is 8.14. The summed E-state index contributed by atoms with van der Waals surface area (Å²) in [5.74, 6) is 0. The van der Waals surface area contributed by atoms with E-state index in [-0.39, 0.29) is 0 Å². The quantitative estimate of drug-likeness (QED) is 0.286. The Kier molecular flexibility index (Phi) is 10.9. The van der Waals surface area contributed by atoms with Crippen LogP contribution in [-0.4, -0.2) is 18.4 Å². The molecule has 1 aromatic carbocycles. The predicted molar refractivity (Wildman–Crippen MR) is 105 cm³/mol. The van der Waals surface area contributed by atoms with Crippen molar-refractivity contribution in [1.29, 1.82) is 0 Å². The van der Waals surface area contributed by atoms with Crippen LogP contribution in [0.1, 0.15) is 64.9 Å².